The first-order chi connectivity index (χ1) is 17.1. The SMILES string of the molecule is CC1CC(Nc2nc(NC3C[C@H]4CCC[C@@H](C3)N4Cc3ccncc3)c3cccnc3c2F)NN1. The number of rotatable bonds is 6. The summed E-state index contributed by atoms with van der Waals surface area (Å²) in [5.41, 5.74) is 8.00. The van der Waals surface area contributed by atoms with Gasteiger partial charge in [-0.05, 0) is 68.9 Å². The van der Waals surface area contributed by atoms with Gasteiger partial charge in [0.25, 0.3) is 0 Å². The molecule has 184 valence electrons. The van der Waals surface area contributed by atoms with Crippen LogP contribution in [0.15, 0.2) is 42.9 Å². The summed E-state index contributed by atoms with van der Waals surface area (Å²) in [6, 6.07) is 9.65. The van der Waals surface area contributed by atoms with E-state index in [1.54, 1.807) is 6.20 Å². The molecule has 0 saturated carbocycles. The molecule has 0 aromatic carbocycles. The highest BCUT2D eigenvalue weighted by atomic mass is 19.1. The number of halogens is 1. The third kappa shape index (κ3) is 4.68. The van der Waals surface area contributed by atoms with Gasteiger partial charge in [-0.15, -0.1) is 0 Å². The Morgan fingerprint density at radius 1 is 1.00 bits per heavy atom. The number of fused-ring (bicyclic) bond motifs is 3. The highest BCUT2D eigenvalue weighted by molar-refractivity contribution is 5.91. The first kappa shape index (κ1) is 22.6. The predicted molar refractivity (Wildman–Crippen MR) is 135 cm³/mol. The Kier molecular flexibility index (Phi) is 6.22. The van der Waals surface area contributed by atoms with Gasteiger partial charge in [-0.3, -0.25) is 20.3 Å². The van der Waals surface area contributed by atoms with Crippen molar-refractivity contribution in [1.82, 2.24) is 30.7 Å². The first-order valence-corrected chi connectivity index (χ1v) is 12.8. The maximum atomic E-state index is 15.3. The van der Waals surface area contributed by atoms with Crippen LogP contribution >= 0.6 is 0 Å². The molecule has 8 nitrogen and oxygen atoms in total. The van der Waals surface area contributed by atoms with Crippen LogP contribution in [0.3, 0.4) is 0 Å². The summed E-state index contributed by atoms with van der Waals surface area (Å²) in [6.07, 6.45) is 12.0. The third-order valence-corrected chi connectivity index (χ3v) is 7.69. The number of hydrogen-bond acceptors (Lipinski definition) is 8. The smallest absolute Gasteiger partial charge is 0.191 e. The van der Waals surface area contributed by atoms with E-state index in [1.807, 2.05) is 24.5 Å². The van der Waals surface area contributed by atoms with E-state index in [2.05, 4.69) is 55.4 Å². The minimum Gasteiger partial charge on any atom is -0.367 e. The summed E-state index contributed by atoms with van der Waals surface area (Å²) in [4.78, 5) is 15.9. The fourth-order valence-electron chi connectivity index (χ4n) is 6.03. The predicted octanol–water partition coefficient (Wildman–Crippen LogP) is 3.79. The lowest BCUT2D eigenvalue weighted by Gasteiger charge is -2.49. The van der Waals surface area contributed by atoms with Crippen LogP contribution < -0.4 is 21.5 Å². The van der Waals surface area contributed by atoms with Gasteiger partial charge in [0.2, 0.25) is 0 Å². The lowest BCUT2D eigenvalue weighted by molar-refractivity contribution is 0.0277. The van der Waals surface area contributed by atoms with Crippen LogP contribution in [0.4, 0.5) is 16.0 Å². The maximum absolute atomic E-state index is 15.3. The fraction of sp³-hybridized carbons (Fsp3) is 0.500. The number of nitrogens with one attached hydrogen (secondary N) is 4. The molecule has 3 fully saturated rings. The summed E-state index contributed by atoms with van der Waals surface area (Å²) in [7, 11) is 0. The monoisotopic (exact) mass is 476 g/mol. The van der Waals surface area contributed by atoms with Crippen molar-refractivity contribution in [3.8, 4) is 0 Å². The molecule has 0 radical (unpaired) electrons. The van der Waals surface area contributed by atoms with Gasteiger partial charge in [0.15, 0.2) is 11.6 Å². The van der Waals surface area contributed by atoms with E-state index < -0.39 is 5.82 Å². The Hall–Kier alpha value is -2.88. The van der Waals surface area contributed by atoms with E-state index in [0.29, 0.717) is 35.5 Å². The van der Waals surface area contributed by atoms with Crippen LogP contribution in [0.1, 0.15) is 51.0 Å². The largest absolute Gasteiger partial charge is 0.367 e. The van der Waals surface area contributed by atoms with Crippen LogP contribution in [0.25, 0.3) is 10.9 Å². The normalized spacial score (nSPS) is 28.8. The average Bonchev–Trinajstić information content (AvgIpc) is 3.27. The first-order valence-electron chi connectivity index (χ1n) is 12.8. The van der Waals surface area contributed by atoms with Gasteiger partial charge in [0.05, 0.1) is 6.17 Å². The van der Waals surface area contributed by atoms with Gasteiger partial charge >= 0.3 is 0 Å². The van der Waals surface area contributed by atoms with Crippen molar-refractivity contribution in [2.45, 2.75) is 82.3 Å². The molecule has 4 N–H and O–H groups in total. The van der Waals surface area contributed by atoms with E-state index in [-0.39, 0.29) is 12.0 Å². The van der Waals surface area contributed by atoms with Gasteiger partial charge in [-0.25, -0.2) is 14.8 Å². The molecular formula is C26H33FN8. The molecule has 6 rings (SSSR count). The Morgan fingerprint density at radius 2 is 1.80 bits per heavy atom. The van der Waals surface area contributed by atoms with Crippen LogP contribution in [0.5, 0.6) is 0 Å². The van der Waals surface area contributed by atoms with E-state index in [1.165, 1.54) is 24.8 Å². The standard InChI is InChI=1S/C26H33FN8/c1-16-12-22(34-33-16)31-26-23(27)24-21(6-3-9-29-24)25(32-26)30-18-13-19-4-2-5-20(14-18)35(19)15-17-7-10-28-11-8-17/h3,6-11,16,18-20,22,33-34H,2,4-5,12-15H2,1H3,(H2,30,31,32)/t16?,18?,19-,20+,22?. The lowest BCUT2D eigenvalue weighted by atomic mass is 9.81. The zero-order chi connectivity index (χ0) is 23.8. The number of nitrogens with zero attached hydrogens (tertiary/aromatic N) is 4. The minimum atomic E-state index is -0.406. The zero-order valence-electron chi connectivity index (χ0n) is 20.0. The number of pyridine rings is 3. The molecule has 9 heteroatoms. The molecule has 0 aliphatic carbocycles. The average molecular weight is 477 g/mol. The van der Waals surface area contributed by atoms with E-state index in [4.69, 9.17) is 4.98 Å². The Bertz CT molecular complexity index is 1160. The van der Waals surface area contributed by atoms with Gasteiger partial charge < -0.3 is 10.6 Å². The van der Waals surface area contributed by atoms with Crippen molar-refractivity contribution in [2.75, 3.05) is 10.6 Å². The summed E-state index contributed by atoms with van der Waals surface area (Å²) in [6.45, 7) is 3.06. The second-order valence-electron chi connectivity index (χ2n) is 10.2. The maximum Gasteiger partial charge on any atom is 0.191 e. The van der Waals surface area contributed by atoms with Gasteiger partial charge in [0.1, 0.15) is 11.3 Å². The van der Waals surface area contributed by atoms with Gasteiger partial charge in [-0.1, -0.05) is 6.42 Å². The van der Waals surface area contributed by atoms with Crippen LogP contribution in [0, 0.1) is 5.82 Å². The zero-order valence-corrected chi connectivity index (χ0v) is 20.0. The fourth-order valence-corrected chi connectivity index (χ4v) is 6.03. The summed E-state index contributed by atoms with van der Waals surface area (Å²) in [5.74, 6) is 0.542. The summed E-state index contributed by atoms with van der Waals surface area (Å²) in [5, 5.41) is 7.67. The van der Waals surface area contributed by atoms with E-state index in [0.717, 1.165) is 31.2 Å². The quantitative estimate of drug-likeness (QED) is 0.427. The topological polar surface area (TPSA) is 90.0 Å². The molecule has 0 spiro atoms. The molecule has 3 aromatic heterocycles. The van der Waals surface area contributed by atoms with Crippen LogP contribution in [-0.4, -0.2) is 50.2 Å². The number of anilines is 2. The number of hydrogen-bond donors (Lipinski definition) is 4. The molecule has 5 atom stereocenters. The molecule has 3 aliphatic rings. The highest BCUT2D eigenvalue weighted by Crippen LogP contribution is 2.37. The Balaban J connectivity index is 1.23. The molecule has 3 unspecified atom stereocenters. The molecule has 3 saturated heterocycles. The molecule has 35 heavy (non-hydrogen) atoms. The minimum absolute atomic E-state index is 0.0863. The number of piperidine rings is 2. The molecule has 2 bridgehead atoms. The van der Waals surface area contributed by atoms with Gasteiger partial charge in [-0.2, -0.15) is 0 Å². The van der Waals surface area contributed by atoms with Crippen molar-refractivity contribution in [3.63, 3.8) is 0 Å². The second kappa shape index (κ2) is 9.64. The molecule has 6 heterocycles. The summed E-state index contributed by atoms with van der Waals surface area (Å²) < 4.78 is 15.3. The molecular weight excluding hydrogens is 443 g/mol. The molecule has 3 aromatic rings. The van der Waals surface area contributed by atoms with E-state index in [9.17, 15) is 0 Å². The van der Waals surface area contributed by atoms with Crippen molar-refractivity contribution < 1.29 is 4.39 Å². The Morgan fingerprint density at radius 3 is 2.54 bits per heavy atom. The molecule has 0 amide bonds. The van der Waals surface area contributed by atoms with Crippen molar-refractivity contribution in [2.24, 2.45) is 0 Å². The second-order valence-corrected chi connectivity index (χ2v) is 10.2. The van der Waals surface area contributed by atoms with Crippen LogP contribution in [-0.2, 0) is 6.54 Å². The van der Waals surface area contributed by atoms with Crippen molar-refractivity contribution >= 4 is 22.5 Å². The van der Waals surface area contributed by atoms with Crippen molar-refractivity contribution in [3.05, 3.63) is 54.2 Å². The number of aromatic nitrogens is 3. The number of hydrazine groups is 1. The van der Waals surface area contributed by atoms with E-state index >= 15 is 4.39 Å². The van der Waals surface area contributed by atoms with Crippen LogP contribution in [0.2, 0.25) is 0 Å². The van der Waals surface area contributed by atoms with Crippen molar-refractivity contribution in [1.29, 1.82) is 0 Å². The highest BCUT2D eigenvalue weighted by Gasteiger charge is 2.38. The lowest BCUT2D eigenvalue weighted by Crippen LogP contribution is -2.54. The Labute approximate surface area is 205 Å². The third-order valence-electron chi connectivity index (χ3n) is 7.69. The summed E-state index contributed by atoms with van der Waals surface area (Å²) >= 11 is 0. The van der Waals surface area contributed by atoms with Gasteiger partial charge in [0, 0.05) is 54.7 Å². The molecule has 3 aliphatic heterocycles.